The minimum atomic E-state index is -0.228. The number of likely N-dealkylation sites (N-methyl/N-ethyl adjacent to an activating group) is 1. The first-order valence-electron chi connectivity index (χ1n) is 6.72. The van der Waals surface area contributed by atoms with Crippen LogP contribution in [0.2, 0.25) is 0 Å². The van der Waals surface area contributed by atoms with Crippen molar-refractivity contribution in [1.82, 2.24) is 10.2 Å². The number of rotatable bonds is 3. The van der Waals surface area contributed by atoms with Crippen molar-refractivity contribution in [3.05, 3.63) is 0 Å². The Kier molecular flexibility index (Phi) is 4.35. The van der Waals surface area contributed by atoms with Crippen LogP contribution in [0.3, 0.4) is 0 Å². The lowest BCUT2D eigenvalue weighted by Gasteiger charge is -2.36. The summed E-state index contributed by atoms with van der Waals surface area (Å²) in [4.78, 5) is 24.7. The molecule has 1 aliphatic carbocycles. The van der Waals surface area contributed by atoms with Crippen LogP contribution in [0.5, 0.6) is 0 Å². The maximum absolute atomic E-state index is 12.0. The molecule has 0 aromatic rings. The SMILES string of the molecule is COC1CCCCC1NC1CCC(=O)N(C)C1=O. The number of nitrogens with one attached hydrogen (secondary N) is 1. The fourth-order valence-electron chi connectivity index (χ4n) is 2.90. The van der Waals surface area contributed by atoms with E-state index in [2.05, 4.69) is 5.32 Å². The number of methoxy groups -OCH3 is 1. The summed E-state index contributed by atoms with van der Waals surface area (Å²) in [7, 11) is 3.29. The summed E-state index contributed by atoms with van der Waals surface area (Å²) in [5.74, 6) is -0.184. The summed E-state index contributed by atoms with van der Waals surface area (Å²) in [6.07, 6.45) is 5.69. The third-order valence-electron chi connectivity index (χ3n) is 4.07. The Morgan fingerprint density at radius 2 is 1.94 bits per heavy atom. The van der Waals surface area contributed by atoms with Crippen molar-refractivity contribution in [3.63, 3.8) is 0 Å². The normalized spacial score (nSPS) is 33.9. The van der Waals surface area contributed by atoms with E-state index in [0.717, 1.165) is 12.8 Å². The monoisotopic (exact) mass is 254 g/mol. The highest BCUT2D eigenvalue weighted by Gasteiger charge is 2.35. The van der Waals surface area contributed by atoms with E-state index in [1.54, 1.807) is 14.2 Å². The summed E-state index contributed by atoms with van der Waals surface area (Å²) < 4.78 is 5.47. The Morgan fingerprint density at radius 3 is 2.67 bits per heavy atom. The van der Waals surface area contributed by atoms with E-state index in [1.807, 2.05) is 0 Å². The van der Waals surface area contributed by atoms with Crippen LogP contribution in [0.15, 0.2) is 0 Å². The smallest absolute Gasteiger partial charge is 0.246 e. The molecule has 3 unspecified atom stereocenters. The quantitative estimate of drug-likeness (QED) is 0.753. The van der Waals surface area contributed by atoms with E-state index in [9.17, 15) is 9.59 Å². The van der Waals surface area contributed by atoms with Gasteiger partial charge in [-0.3, -0.25) is 14.5 Å². The molecular formula is C13H22N2O3. The number of imide groups is 1. The molecule has 5 heteroatoms. The van der Waals surface area contributed by atoms with Gasteiger partial charge in [-0.1, -0.05) is 12.8 Å². The van der Waals surface area contributed by atoms with Crippen molar-refractivity contribution in [1.29, 1.82) is 0 Å². The standard InChI is InChI=1S/C13H22N2O3/c1-15-12(16)8-7-10(13(15)17)14-9-5-3-4-6-11(9)18-2/h9-11,14H,3-8H2,1-2H3. The van der Waals surface area contributed by atoms with Gasteiger partial charge in [-0.2, -0.15) is 0 Å². The maximum Gasteiger partial charge on any atom is 0.246 e. The minimum absolute atomic E-state index is 0.0787. The third kappa shape index (κ3) is 2.72. The number of hydrogen-bond acceptors (Lipinski definition) is 4. The molecule has 18 heavy (non-hydrogen) atoms. The van der Waals surface area contributed by atoms with Gasteiger partial charge in [0.1, 0.15) is 0 Å². The minimum Gasteiger partial charge on any atom is -0.380 e. The number of amides is 2. The molecule has 2 amide bonds. The Labute approximate surface area is 108 Å². The van der Waals surface area contributed by atoms with Crippen molar-refractivity contribution in [2.75, 3.05) is 14.2 Å². The van der Waals surface area contributed by atoms with E-state index in [0.29, 0.717) is 12.8 Å². The number of hydrogen-bond donors (Lipinski definition) is 1. The molecule has 0 aromatic carbocycles. The summed E-state index contributed by atoms with van der Waals surface area (Å²) >= 11 is 0. The molecule has 0 aromatic heterocycles. The first kappa shape index (κ1) is 13.5. The lowest BCUT2D eigenvalue weighted by atomic mass is 9.91. The van der Waals surface area contributed by atoms with E-state index >= 15 is 0 Å². The zero-order chi connectivity index (χ0) is 13.1. The highest BCUT2D eigenvalue weighted by molar-refractivity contribution is 6.00. The number of likely N-dealkylation sites (tertiary alicyclic amines) is 1. The summed E-state index contributed by atoms with van der Waals surface area (Å²) in [6, 6.07) is 0.00718. The van der Waals surface area contributed by atoms with Gasteiger partial charge in [0.05, 0.1) is 12.1 Å². The molecular weight excluding hydrogens is 232 g/mol. The predicted octanol–water partition coefficient (Wildman–Crippen LogP) is 0.681. The van der Waals surface area contributed by atoms with Gasteiger partial charge in [-0.05, 0) is 19.3 Å². The number of ether oxygens (including phenoxy) is 1. The van der Waals surface area contributed by atoms with Gasteiger partial charge in [-0.25, -0.2) is 0 Å². The van der Waals surface area contributed by atoms with Gasteiger partial charge in [0.25, 0.3) is 0 Å². The first-order chi connectivity index (χ1) is 8.63. The lowest BCUT2D eigenvalue weighted by molar-refractivity contribution is -0.148. The molecule has 5 nitrogen and oxygen atoms in total. The van der Waals surface area contributed by atoms with Gasteiger partial charge in [0.15, 0.2) is 0 Å². The second-order valence-electron chi connectivity index (χ2n) is 5.21. The lowest BCUT2D eigenvalue weighted by Crippen LogP contribution is -2.56. The molecule has 1 saturated heterocycles. The van der Waals surface area contributed by atoms with Crippen LogP contribution >= 0.6 is 0 Å². The van der Waals surface area contributed by atoms with Crippen molar-refractivity contribution in [2.24, 2.45) is 0 Å². The van der Waals surface area contributed by atoms with Gasteiger partial charge >= 0.3 is 0 Å². The van der Waals surface area contributed by atoms with E-state index in [4.69, 9.17) is 4.74 Å². The summed E-state index contributed by atoms with van der Waals surface area (Å²) in [5, 5.41) is 3.39. The molecule has 1 N–H and O–H groups in total. The van der Waals surface area contributed by atoms with Crippen LogP contribution in [0.4, 0.5) is 0 Å². The molecule has 1 saturated carbocycles. The largest absolute Gasteiger partial charge is 0.380 e. The average molecular weight is 254 g/mol. The maximum atomic E-state index is 12.0. The topological polar surface area (TPSA) is 58.6 Å². The number of carbonyl (C=O) groups excluding carboxylic acids is 2. The molecule has 0 spiro atoms. The summed E-state index contributed by atoms with van der Waals surface area (Å²) in [5.41, 5.74) is 0. The molecule has 2 aliphatic rings. The van der Waals surface area contributed by atoms with Gasteiger partial charge in [-0.15, -0.1) is 0 Å². The predicted molar refractivity (Wildman–Crippen MR) is 67.0 cm³/mol. The van der Waals surface area contributed by atoms with Crippen molar-refractivity contribution < 1.29 is 14.3 Å². The Bertz CT molecular complexity index is 332. The van der Waals surface area contributed by atoms with Crippen molar-refractivity contribution in [2.45, 2.75) is 56.7 Å². The first-order valence-corrected chi connectivity index (χ1v) is 6.72. The molecule has 2 fully saturated rings. The molecule has 2 rings (SSSR count). The number of nitrogens with zero attached hydrogens (tertiary/aromatic N) is 1. The molecule has 0 bridgehead atoms. The van der Waals surface area contributed by atoms with E-state index in [-0.39, 0.29) is 30.0 Å². The van der Waals surface area contributed by atoms with Crippen LogP contribution in [0, 0.1) is 0 Å². The number of carbonyl (C=O) groups is 2. The fourth-order valence-corrected chi connectivity index (χ4v) is 2.90. The molecule has 102 valence electrons. The Hall–Kier alpha value is -0.940. The Balaban J connectivity index is 1.95. The van der Waals surface area contributed by atoms with Crippen molar-refractivity contribution in [3.8, 4) is 0 Å². The summed E-state index contributed by atoms with van der Waals surface area (Å²) in [6.45, 7) is 0. The Morgan fingerprint density at radius 1 is 1.22 bits per heavy atom. The van der Waals surface area contributed by atoms with Gasteiger partial charge in [0, 0.05) is 26.6 Å². The van der Waals surface area contributed by atoms with Crippen LogP contribution < -0.4 is 5.32 Å². The molecule has 1 heterocycles. The fraction of sp³-hybridized carbons (Fsp3) is 0.846. The second-order valence-corrected chi connectivity index (χ2v) is 5.21. The van der Waals surface area contributed by atoms with Crippen LogP contribution in [0.1, 0.15) is 38.5 Å². The molecule has 0 radical (unpaired) electrons. The number of piperidine rings is 1. The van der Waals surface area contributed by atoms with Gasteiger partial charge < -0.3 is 10.1 Å². The zero-order valence-electron chi connectivity index (χ0n) is 11.1. The van der Waals surface area contributed by atoms with Crippen LogP contribution in [-0.4, -0.2) is 49.1 Å². The highest BCUT2D eigenvalue weighted by atomic mass is 16.5. The molecule has 1 aliphatic heterocycles. The zero-order valence-corrected chi connectivity index (χ0v) is 11.1. The van der Waals surface area contributed by atoms with Crippen LogP contribution in [0.25, 0.3) is 0 Å². The van der Waals surface area contributed by atoms with E-state index < -0.39 is 0 Å². The third-order valence-corrected chi connectivity index (χ3v) is 4.07. The molecule has 3 atom stereocenters. The average Bonchev–Trinajstić information content (AvgIpc) is 2.40. The highest BCUT2D eigenvalue weighted by Crippen LogP contribution is 2.22. The van der Waals surface area contributed by atoms with Crippen LogP contribution in [-0.2, 0) is 14.3 Å². The van der Waals surface area contributed by atoms with Gasteiger partial charge in [0.2, 0.25) is 11.8 Å². The second kappa shape index (κ2) is 5.80. The van der Waals surface area contributed by atoms with Crippen molar-refractivity contribution >= 4 is 11.8 Å². The van der Waals surface area contributed by atoms with E-state index in [1.165, 1.54) is 17.7 Å².